The third-order valence-electron chi connectivity index (χ3n) is 3.39. The monoisotopic (exact) mass is 283 g/mol. The van der Waals surface area contributed by atoms with Crippen molar-refractivity contribution >= 4 is 11.6 Å². The van der Waals surface area contributed by atoms with Gasteiger partial charge in [-0.15, -0.1) is 0 Å². The number of aromatic nitrogens is 1. The van der Waals surface area contributed by atoms with Gasteiger partial charge in [0.05, 0.1) is 12.2 Å². The van der Waals surface area contributed by atoms with Gasteiger partial charge in [0.2, 0.25) is 0 Å². The van der Waals surface area contributed by atoms with Crippen molar-refractivity contribution in [1.82, 2.24) is 10.3 Å². The molecular formula is C17H21N3O. The fraction of sp³-hybridized carbons (Fsp3) is 0.294. The summed E-state index contributed by atoms with van der Waals surface area (Å²) in [6.45, 7) is 7.29. The van der Waals surface area contributed by atoms with Gasteiger partial charge in [-0.25, -0.2) is 0 Å². The van der Waals surface area contributed by atoms with Gasteiger partial charge < -0.3 is 10.6 Å². The van der Waals surface area contributed by atoms with Crippen LogP contribution in [0.3, 0.4) is 0 Å². The lowest BCUT2D eigenvalue weighted by molar-refractivity contribution is 0.0950. The molecule has 0 radical (unpaired) electrons. The zero-order chi connectivity index (χ0) is 15.2. The largest absolute Gasteiger partial charge is 0.385 e. The van der Waals surface area contributed by atoms with E-state index >= 15 is 0 Å². The van der Waals surface area contributed by atoms with Crippen molar-refractivity contribution in [3.63, 3.8) is 0 Å². The van der Waals surface area contributed by atoms with E-state index in [2.05, 4.69) is 15.6 Å². The summed E-state index contributed by atoms with van der Waals surface area (Å²) in [5, 5.41) is 6.16. The lowest BCUT2D eigenvalue weighted by Gasteiger charge is -2.11. The van der Waals surface area contributed by atoms with E-state index in [4.69, 9.17) is 0 Å². The Balaban J connectivity index is 2.05. The van der Waals surface area contributed by atoms with Crippen LogP contribution in [0.5, 0.6) is 0 Å². The van der Waals surface area contributed by atoms with E-state index < -0.39 is 0 Å². The highest BCUT2D eigenvalue weighted by atomic mass is 16.1. The molecule has 0 aliphatic rings. The Morgan fingerprint density at radius 3 is 2.67 bits per heavy atom. The molecule has 21 heavy (non-hydrogen) atoms. The number of hydrogen-bond donors (Lipinski definition) is 2. The van der Waals surface area contributed by atoms with Gasteiger partial charge in [0.1, 0.15) is 0 Å². The molecule has 0 atom stereocenters. The molecule has 0 saturated carbocycles. The summed E-state index contributed by atoms with van der Waals surface area (Å²) < 4.78 is 0. The number of aryl methyl sites for hydroxylation is 2. The van der Waals surface area contributed by atoms with Gasteiger partial charge in [0.15, 0.2) is 0 Å². The van der Waals surface area contributed by atoms with Crippen LogP contribution < -0.4 is 10.6 Å². The van der Waals surface area contributed by atoms with Gasteiger partial charge in [-0.3, -0.25) is 9.78 Å². The van der Waals surface area contributed by atoms with Gasteiger partial charge in [-0.05, 0) is 56.2 Å². The molecule has 0 unspecified atom stereocenters. The van der Waals surface area contributed by atoms with Crippen molar-refractivity contribution in [3.05, 3.63) is 58.9 Å². The lowest BCUT2D eigenvalue weighted by atomic mass is 10.1. The molecule has 0 fully saturated rings. The molecule has 4 heteroatoms. The first-order valence-electron chi connectivity index (χ1n) is 7.15. The molecule has 1 aromatic carbocycles. The summed E-state index contributed by atoms with van der Waals surface area (Å²) in [6, 6.07) is 9.66. The Kier molecular flexibility index (Phi) is 4.93. The van der Waals surface area contributed by atoms with E-state index in [0.717, 1.165) is 29.1 Å². The van der Waals surface area contributed by atoms with E-state index in [0.29, 0.717) is 12.1 Å². The molecule has 0 aliphatic heterocycles. The minimum absolute atomic E-state index is 0.0689. The SMILES string of the molecule is CCNc1ccc(C(=O)NCc2ncccc2C)c(C)c1. The van der Waals surface area contributed by atoms with Crippen LogP contribution in [0, 0.1) is 13.8 Å². The second-order valence-electron chi connectivity index (χ2n) is 5.01. The van der Waals surface area contributed by atoms with Gasteiger partial charge in [-0.1, -0.05) is 6.07 Å². The van der Waals surface area contributed by atoms with Crippen molar-refractivity contribution in [1.29, 1.82) is 0 Å². The molecule has 2 N–H and O–H groups in total. The van der Waals surface area contributed by atoms with Crippen LogP contribution >= 0.6 is 0 Å². The van der Waals surface area contributed by atoms with Crippen LogP contribution in [0.1, 0.15) is 34.1 Å². The molecule has 4 nitrogen and oxygen atoms in total. The molecule has 2 aromatic rings. The molecule has 1 aromatic heterocycles. The number of hydrogen-bond acceptors (Lipinski definition) is 3. The third kappa shape index (κ3) is 3.81. The highest BCUT2D eigenvalue weighted by molar-refractivity contribution is 5.96. The third-order valence-corrected chi connectivity index (χ3v) is 3.39. The summed E-state index contributed by atoms with van der Waals surface area (Å²) in [5.74, 6) is -0.0689. The molecule has 2 rings (SSSR count). The Hall–Kier alpha value is -2.36. The van der Waals surface area contributed by atoms with Crippen molar-refractivity contribution < 1.29 is 4.79 Å². The number of benzene rings is 1. The molecule has 110 valence electrons. The second-order valence-corrected chi connectivity index (χ2v) is 5.01. The van der Waals surface area contributed by atoms with Crippen LogP contribution in [-0.4, -0.2) is 17.4 Å². The van der Waals surface area contributed by atoms with E-state index in [9.17, 15) is 4.79 Å². The first-order valence-corrected chi connectivity index (χ1v) is 7.15. The Morgan fingerprint density at radius 2 is 2.00 bits per heavy atom. The summed E-state index contributed by atoms with van der Waals surface area (Å²) in [5.41, 5.74) is 4.67. The summed E-state index contributed by atoms with van der Waals surface area (Å²) >= 11 is 0. The Morgan fingerprint density at radius 1 is 1.19 bits per heavy atom. The zero-order valence-corrected chi connectivity index (χ0v) is 12.7. The van der Waals surface area contributed by atoms with E-state index in [-0.39, 0.29) is 5.91 Å². The van der Waals surface area contributed by atoms with Gasteiger partial charge >= 0.3 is 0 Å². The summed E-state index contributed by atoms with van der Waals surface area (Å²) in [7, 11) is 0. The Labute approximate surface area is 125 Å². The Bertz CT molecular complexity index is 638. The maximum absolute atomic E-state index is 12.3. The standard InChI is InChI=1S/C17H21N3O/c1-4-18-14-7-8-15(13(3)10-14)17(21)20-11-16-12(2)6-5-9-19-16/h5-10,18H,4,11H2,1-3H3,(H,20,21). The van der Waals surface area contributed by atoms with E-state index in [1.807, 2.05) is 51.1 Å². The average molecular weight is 283 g/mol. The maximum Gasteiger partial charge on any atom is 0.251 e. The van der Waals surface area contributed by atoms with Crippen molar-refractivity contribution in [2.75, 3.05) is 11.9 Å². The van der Waals surface area contributed by atoms with Crippen LogP contribution in [-0.2, 0) is 6.54 Å². The minimum Gasteiger partial charge on any atom is -0.385 e. The van der Waals surface area contributed by atoms with Crippen molar-refractivity contribution in [2.24, 2.45) is 0 Å². The van der Waals surface area contributed by atoms with Gasteiger partial charge in [0.25, 0.3) is 5.91 Å². The number of amides is 1. The topological polar surface area (TPSA) is 54.0 Å². The number of carbonyl (C=O) groups is 1. The van der Waals surface area contributed by atoms with Crippen LogP contribution in [0.4, 0.5) is 5.69 Å². The molecule has 0 spiro atoms. The number of pyridine rings is 1. The highest BCUT2D eigenvalue weighted by Gasteiger charge is 2.10. The van der Waals surface area contributed by atoms with Crippen LogP contribution in [0.25, 0.3) is 0 Å². The predicted octanol–water partition coefficient (Wildman–Crippen LogP) is 3.06. The van der Waals surface area contributed by atoms with Crippen molar-refractivity contribution in [3.8, 4) is 0 Å². The molecule has 1 amide bonds. The predicted molar refractivity (Wildman–Crippen MR) is 85.5 cm³/mol. The highest BCUT2D eigenvalue weighted by Crippen LogP contribution is 2.15. The van der Waals surface area contributed by atoms with Gasteiger partial charge in [0, 0.05) is 24.0 Å². The van der Waals surface area contributed by atoms with Crippen LogP contribution in [0.15, 0.2) is 36.5 Å². The maximum atomic E-state index is 12.3. The fourth-order valence-electron chi connectivity index (χ4n) is 2.20. The summed E-state index contributed by atoms with van der Waals surface area (Å²) in [4.78, 5) is 16.5. The number of anilines is 1. The fourth-order valence-corrected chi connectivity index (χ4v) is 2.20. The smallest absolute Gasteiger partial charge is 0.251 e. The molecule has 0 aliphatic carbocycles. The number of nitrogens with zero attached hydrogens (tertiary/aromatic N) is 1. The van der Waals surface area contributed by atoms with Gasteiger partial charge in [-0.2, -0.15) is 0 Å². The number of carbonyl (C=O) groups excluding carboxylic acids is 1. The normalized spacial score (nSPS) is 10.2. The first kappa shape index (κ1) is 15.0. The second kappa shape index (κ2) is 6.88. The number of nitrogens with one attached hydrogen (secondary N) is 2. The zero-order valence-electron chi connectivity index (χ0n) is 12.7. The van der Waals surface area contributed by atoms with Crippen molar-refractivity contribution in [2.45, 2.75) is 27.3 Å². The van der Waals surface area contributed by atoms with Crippen LogP contribution in [0.2, 0.25) is 0 Å². The quantitative estimate of drug-likeness (QED) is 0.886. The molecule has 0 bridgehead atoms. The molecule has 0 saturated heterocycles. The van der Waals surface area contributed by atoms with E-state index in [1.54, 1.807) is 6.20 Å². The first-order chi connectivity index (χ1) is 10.1. The average Bonchev–Trinajstić information content (AvgIpc) is 2.46. The number of rotatable bonds is 5. The molecule has 1 heterocycles. The molecular weight excluding hydrogens is 262 g/mol. The van der Waals surface area contributed by atoms with E-state index in [1.165, 1.54) is 0 Å². The lowest BCUT2D eigenvalue weighted by Crippen LogP contribution is -2.24. The summed E-state index contributed by atoms with van der Waals surface area (Å²) in [6.07, 6.45) is 1.74. The minimum atomic E-state index is -0.0689.